The maximum Gasteiger partial charge on any atom is 0.131 e. The molecule has 1 heteroatoms. The van der Waals surface area contributed by atoms with Crippen molar-refractivity contribution in [3.63, 3.8) is 0 Å². The van der Waals surface area contributed by atoms with Gasteiger partial charge in [-0.05, 0) is 36.2 Å². The van der Waals surface area contributed by atoms with E-state index < -0.39 is 0 Å². The molecule has 0 atom stereocenters. The molecule has 0 aliphatic rings. The maximum atomic E-state index is 6.29. The number of benzene rings is 4. The van der Waals surface area contributed by atoms with Gasteiger partial charge in [0.25, 0.3) is 0 Å². The highest BCUT2D eigenvalue weighted by Gasteiger charge is 2.21. The zero-order valence-corrected chi connectivity index (χ0v) is 15.4. The smallest absolute Gasteiger partial charge is 0.131 e. The van der Waals surface area contributed by atoms with Crippen LogP contribution >= 0.6 is 0 Å². The quantitative estimate of drug-likeness (QED) is 0.353. The molecule has 0 heterocycles. The van der Waals surface area contributed by atoms with Crippen LogP contribution in [-0.4, -0.2) is 0 Å². The van der Waals surface area contributed by atoms with Crippen molar-refractivity contribution in [2.45, 2.75) is 12.8 Å². The Labute approximate surface area is 160 Å². The summed E-state index contributed by atoms with van der Waals surface area (Å²) >= 11 is 0. The van der Waals surface area contributed by atoms with Gasteiger partial charge in [0.2, 0.25) is 0 Å². The van der Waals surface area contributed by atoms with Gasteiger partial charge in [-0.15, -0.1) is 0 Å². The van der Waals surface area contributed by atoms with Gasteiger partial charge in [0.05, 0.1) is 0 Å². The summed E-state index contributed by atoms with van der Waals surface area (Å²) in [6.45, 7) is 2.13. The van der Waals surface area contributed by atoms with Gasteiger partial charge in [-0.1, -0.05) is 96.6 Å². The van der Waals surface area contributed by atoms with E-state index in [4.69, 9.17) is 4.74 Å². The van der Waals surface area contributed by atoms with Gasteiger partial charge in [-0.25, -0.2) is 0 Å². The second kappa shape index (κ2) is 7.92. The first-order valence-corrected chi connectivity index (χ1v) is 9.24. The molecular formula is C26H22O. The summed E-state index contributed by atoms with van der Waals surface area (Å²) in [6, 6.07) is 37.6. The first-order chi connectivity index (χ1) is 13.3. The Morgan fingerprint density at radius 3 is 1.67 bits per heavy atom. The Bertz CT molecular complexity index is 953. The van der Waals surface area contributed by atoms with Crippen molar-refractivity contribution in [3.05, 3.63) is 131 Å². The molecule has 1 nitrogen and oxygen atoms in total. The van der Waals surface area contributed by atoms with Crippen molar-refractivity contribution in [2.24, 2.45) is 0 Å². The lowest BCUT2D eigenvalue weighted by Gasteiger charge is -2.22. The second-order valence-electron chi connectivity index (χ2n) is 6.71. The van der Waals surface area contributed by atoms with E-state index in [0.29, 0.717) is 0 Å². The predicted molar refractivity (Wildman–Crippen MR) is 112 cm³/mol. The van der Waals surface area contributed by atoms with Gasteiger partial charge in [0.15, 0.2) is 0 Å². The molecule has 27 heavy (non-hydrogen) atoms. The fraction of sp³-hybridized carbons (Fsp3) is 0.0769. The van der Waals surface area contributed by atoms with Crippen LogP contribution in [-0.2, 0) is 0 Å². The third-order valence-corrected chi connectivity index (χ3v) is 4.71. The van der Waals surface area contributed by atoms with Crippen LogP contribution in [0.5, 0.6) is 11.5 Å². The van der Waals surface area contributed by atoms with Crippen molar-refractivity contribution in [1.29, 1.82) is 0 Å². The van der Waals surface area contributed by atoms with E-state index in [1.165, 1.54) is 22.3 Å². The van der Waals surface area contributed by atoms with E-state index in [1.807, 2.05) is 30.3 Å². The summed E-state index contributed by atoms with van der Waals surface area (Å²) in [5.41, 5.74) is 4.91. The highest BCUT2D eigenvalue weighted by Crippen LogP contribution is 2.39. The molecule has 0 bridgehead atoms. The molecule has 0 fully saturated rings. The predicted octanol–water partition coefficient (Wildman–Crippen LogP) is 6.97. The largest absolute Gasteiger partial charge is 0.457 e. The highest BCUT2D eigenvalue weighted by atomic mass is 16.5. The van der Waals surface area contributed by atoms with Crippen LogP contribution in [0.25, 0.3) is 0 Å². The van der Waals surface area contributed by atoms with Gasteiger partial charge in [0.1, 0.15) is 11.5 Å². The third-order valence-electron chi connectivity index (χ3n) is 4.71. The Morgan fingerprint density at radius 2 is 1.11 bits per heavy atom. The van der Waals surface area contributed by atoms with Crippen LogP contribution in [0.4, 0.5) is 0 Å². The zero-order chi connectivity index (χ0) is 18.5. The fourth-order valence-corrected chi connectivity index (χ4v) is 3.44. The van der Waals surface area contributed by atoms with Crippen molar-refractivity contribution in [1.82, 2.24) is 0 Å². The average Bonchev–Trinajstić information content (AvgIpc) is 2.73. The lowest BCUT2D eigenvalue weighted by atomic mass is 9.84. The lowest BCUT2D eigenvalue weighted by molar-refractivity contribution is 0.475. The van der Waals surface area contributed by atoms with Crippen molar-refractivity contribution in [3.8, 4) is 11.5 Å². The lowest BCUT2D eigenvalue weighted by Crippen LogP contribution is -2.05. The molecule has 4 aromatic carbocycles. The van der Waals surface area contributed by atoms with Crippen LogP contribution < -0.4 is 4.74 Å². The summed E-state index contributed by atoms with van der Waals surface area (Å²) < 4.78 is 6.29. The minimum Gasteiger partial charge on any atom is -0.457 e. The summed E-state index contributed by atoms with van der Waals surface area (Å²) in [5, 5.41) is 0. The monoisotopic (exact) mass is 350 g/mol. The molecule has 0 aliphatic heterocycles. The van der Waals surface area contributed by atoms with E-state index in [0.717, 1.165) is 11.5 Å². The topological polar surface area (TPSA) is 9.23 Å². The Balaban J connectivity index is 1.86. The number of rotatable bonds is 5. The van der Waals surface area contributed by atoms with Crippen LogP contribution in [0.3, 0.4) is 0 Å². The van der Waals surface area contributed by atoms with Crippen LogP contribution in [0, 0.1) is 6.92 Å². The Kier molecular flexibility index (Phi) is 5.02. The molecule has 0 saturated carbocycles. The van der Waals surface area contributed by atoms with Crippen LogP contribution in [0.1, 0.15) is 28.2 Å². The fourth-order valence-electron chi connectivity index (χ4n) is 3.44. The number of para-hydroxylation sites is 1. The molecular weight excluding hydrogens is 328 g/mol. The minimum atomic E-state index is 0.117. The second-order valence-corrected chi connectivity index (χ2v) is 6.71. The van der Waals surface area contributed by atoms with Gasteiger partial charge in [-0.2, -0.15) is 0 Å². The molecule has 0 amide bonds. The number of aryl methyl sites for hydroxylation is 1. The number of hydrogen-bond donors (Lipinski definition) is 0. The van der Waals surface area contributed by atoms with E-state index in [2.05, 4.69) is 85.8 Å². The molecule has 4 aromatic rings. The molecule has 0 unspecified atom stereocenters. The minimum absolute atomic E-state index is 0.117. The molecule has 0 N–H and O–H groups in total. The number of hydrogen-bond acceptors (Lipinski definition) is 1. The zero-order valence-electron chi connectivity index (χ0n) is 15.4. The van der Waals surface area contributed by atoms with Crippen molar-refractivity contribution in [2.75, 3.05) is 0 Å². The van der Waals surface area contributed by atoms with Crippen LogP contribution in [0.15, 0.2) is 109 Å². The van der Waals surface area contributed by atoms with Crippen molar-refractivity contribution < 1.29 is 4.74 Å². The van der Waals surface area contributed by atoms with E-state index in [-0.39, 0.29) is 5.92 Å². The molecule has 0 radical (unpaired) electrons. The Morgan fingerprint density at radius 1 is 0.593 bits per heavy atom. The highest BCUT2D eigenvalue weighted by molar-refractivity contribution is 5.51. The summed E-state index contributed by atoms with van der Waals surface area (Å²) in [4.78, 5) is 0. The van der Waals surface area contributed by atoms with Crippen LogP contribution in [0.2, 0.25) is 0 Å². The summed E-state index contributed by atoms with van der Waals surface area (Å²) in [7, 11) is 0. The normalized spacial score (nSPS) is 10.7. The SMILES string of the molecule is Cc1ccc(Oc2ccccc2)c(C(c2ccccc2)c2ccccc2)c1. The van der Waals surface area contributed by atoms with E-state index in [9.17, 15) is 0 Å². The molecule has 132 valence electrons. The standard InChI is InChI=1S/C26H22O/c1-20-17-18-25(27-23-15-9-4-10-16-23)24(19-20)26(21-11-5-2-6-12-21)22-13-7-3-8-14-22/h2-19,26H,1H3. The summed E-state index contributed by atoms with van der Waals surface area (Å²) in [6.07, 6.45) is 0. The van der Waals surface area contributed by atoms with E-state index >= 15 is 0 Å². The molecule has 0 saturated heterocycles. The Hall–Kier alpha value is -3.32. The molecule has 4 rings (SSSR count). The maximum absolute atomic E-state index is 6.29. The first kappa shape index (κ1) is 17.1. The van der Waals surface area contributed by atoms with Gasteiger partial charge in [0, 0.05) is 11.5 Å². The first-order valence-electron chi connectivity index (χ1n) is 9.24. The molecule has 0 aromatic heterocycles. The molecule has 0 spiro atoms. The van der Waals surface area contributed by atoms with E-state index in [1.54, 1.807) is 0 Å². The van der Waals surface area contributed by atoms with Gasteiger partial charge >= 0.3 is 0 Å². The van der Waals surface area contributed by atoms with Crippen molar-refractivity contribution >= 4 is 0 Å². The number of ether oxygens (including phenoxy) is 1. The van der Waals surface area contributed by atoms with Gasteiger partial charge < -0.3 is 4.74 Å². The average molecular weight is 350 g/mol. The third kappa shape index (κ3) is 3.93. The van der Waals surface area contributed by atoms with Gasteiger partial charge in [-0.3, -0.25) is 0 Å². The summed E-state index contributed by atoms with van der Waals surface area (Å²) in [5.74, 6) is 1.86. The molecule has 0 aliphatic carbocycles.